The van der Waals surface area contributed by atoms with Crippen molar-refractivity contribution in [3.05, 3.63) is 0 Å². The Morgan fingerprint density at radius 1 is 0.600 bits per heavy atom. The fourth-order valence-corrected chi connectivity index (χ4v) is 0. The van der Waals surface area contributed by atoms with E-state index in [0.29, 0.717) is 0 Å². The maximum absolute atomic E-state index is 8.93. The van der Waals surface area contributed by atoms with E-state index in [9.17, 15) is 0 Å². The van der Waals surface area contributed by atoms with Gasteiger partial charge in [-0.1, -0.05) is 0 Å². The maximum Gasteiger partial charge on any atom is 2.00 e. The largest absolute Gasteiger partial charge is 2.00 e. The molecule has 15 heavy (non-hydrogen) atoms. The van der Waals surface area contributed by atoms with E-state index in [4.69, 9.17) is 39.6 Å². The van der Waals surface area contributed by atoms with Gasteiger partial charge in [0.05, 0.1) is 23.9 Å². The number of hydrogen-bond donors (Lipinski definition) is 0. The van der Waals surface area contributed by atoms with E-state index in [1.807, 2.05) is 0 Å². The van der Waals surface area contributed by atoms with Crippen LogP contribution < -0.4 is 101 Å². The molecule has 0 N–H and O–H groups in total. The van der Waals surface area contributed by atoms with E-state index in [1.165, 1.54) is 0 Å². The predicted octanol–water partition coefficient (Wildman–Crippen LogP) is -13.0. The minimum Gasteiger partial charge on any atom is -0.543 e. The van der Waals surface area contributed by atoms with Crippen LogP contribution in [0.1, 0.15) is 0 Å². The van der Waals surface area contributed by atoms with Gasteiger partial charge in [-0.15, -0.1) is 0 Å². The van der Waals surface area contributed by atoms with Crippen LogP contribution in [-0.4, -0.2) is 23.9 Å². The number of rotatable bonds is 0. The van der Waals surface area contributed by atoms with Gasteiger partial charge >= 0.3 is 97.7 Å². The summed E-state index contributed by atoms with van der Waals surface area (Å²) in [5.74, 6) is -8.74. The summed E-state index contributed by atoms with van der Waals surface area (Å²) in [4.78, 5) is 35.7. The summed E-state index contributed by atoms with van der Waals surface area (Å²) in [5, 5.41) is 35.7. The molecule has 0 aliphatic rings. The molecule has 1 radical (unpaired) electrons. The third-order valence-electron chi connectivity index (χ3n) is 0.333. The van der Waals surface area contributed by atoms with Crippen molar-refractivity contribution in [3.63, 3.8) is 0 Å². The monoisotopic (exact) mass is 297 g/mol. The molecule has 0 atom stereocenters. The van der Waals surface area contributed by atoms with Gasteiger partial charge in [0.1, 0.15) is 0 Å². The molecule has 0 aliphatic heterocycles. The second-order valence-electron chi connectivity index (χ2n) is 1.15. The van der Waals surface area contributed by atoms with Crippen LogP contribution in [0.3, 0.4) is 0 Å². The van der Waals surface area contributed by atoms with Crippen LogP contribution in [0.4, 0.5) is 0 Å². The van der Waals surface area contributed by atoms with Gasteiger partial charge in [-0.05, 0) is 0 Å². The van der Waals surface area contributed by atoms with Crippen LogP contribution in [0.5, 0.6) is 0 Å². The summed E-state index contributed by atoms with van der Waals surface area (Å²) in [5.41, 5.74) is 0. The summed E-state index contributed by atoms with van der Waals surface area (Å²) in [6, 6.07) is 0. The fourth-order valence-electron chi connectivity index (χ4n) is 0. The molecule has 0 heterocycles. The first-order valence-electron chi connectivity index (χ1n) is 2.13. The minimum atomic E-state index is -2.19. The van der Waals surface area contributed by atoms with E-state index in [0.717, 1.165) is 0 Å². The Morgan fingerprint density at radius 3 is 0.667 bits per heavy atom. The molecule has 11 heteroatoms. The summed E-state index contributed by atoms with van der Waals surface area (Å²) in [6.07, 6.45) is 0. The average molecular weight is 297 g/mol. The molecule has 0 saturated heterocycles. The number of aliphatic carboxylic acids is 4. The van der Waals surface area contributed by atoms with Gasteiger partial charge in [-0.3, -0.25) is 0 Å². The topological polar surface area (TPSA) is 161 Å². The molecule has 75 valence electrons. The van der Waals surface area contributed by atoms with Crippen molar-refractivity contribution >= 4 is 23.9 Å². The summed E-state index contributed by atoms with van der Waals surface area (Å²) >= 11 is 0. The van der Waals surface area contributed by atoms with Crippen molar-refractivity contribution in [2.75, 3.05) is 0 Å². The molecule has 0 saturated carbocycles. The van der Waals surface area contributed by atoms with Crippen molar-refractivity contribution < 1.29 is 137 Å². The van der Waals surface area contributed by atoms with Gasteiger partial charge in [0.15, 0.2) is 0 Å². The molecule has 0 rings (SSSR count). The molecular weight excluding hydrogens is 297 g/mol. The summed E-state index contributed by atoms with van der Waals surface area (Å²) in [7, 11) is 0. The molecule has 0 aromatic carbocycles. The molecule has 0 spiro atoms. The molecule has 0 aromatic heterocycles. The summed E-state index contributed by atoms with van der Waals surface area (Å²) in [6.45, 7) is 0. The minimum absolute atomic E-state index is 0. The van der Waals surface area contributed by atoms with E-state index >= 15 is 0 Å². The van der Waals surface area contributed by atoms with E-state index < -0.39 is 23.9 Å². The van der Waals surface area contributed by atoms with Crippen LogP contribution in [0.25, 0.3) is 0 Å². The third kappa shape index (κ3) is 31.3. The standard InChI is InChI=1S/2C2H2O4.Co.K.Na/c2*3-1(4)2(5)6;;;/h2*(H,3,4)(H,5,6);;;/q;;+2;2*+1/p-4. The Balaban J connectivity index is -0.0000000370. The number of carboxylic acid groups (broad SMARTS) is 4. The van der Waals surface area contributed by atoms with Crippen molar-refractivity contribution in [1.29, 1.82) is 0 Å². The first-order chi connectivity index (χ1) is 5.29. The van der Waals surface area contributed by atoms with Crippen LogP contribution >= 0.6 is 0 Å². The zero-order chi connectivity index (χ0) is 10.3. The first-order valence-corrected chi connectivity index (χ1v) is 2.13. The van der Waals surface area contributed by atoms with Crippen molar-refractivity contribution in [1.82, 2.24) is 0 Å². The predicted molar refractivity (Wildman–Crippen MR) is 20.0 cm³/mol. The molecular formula is C4CoKNaO8. The van der Waals surface area contributed by atoms with Crippen LogP contribution in [0.2, 0.25) is 0 Å². The smallest absolute Gasteiger partial charge is 0.543 e. The van der Waals surface area contributed by atoms with E-state index in [1.54, 1.807) is 0 Å². The number of carbonyl (C=O) groups excluding carboxylic acids is 4. The molecule has 0 amide bonds. The second-order valence-corrected chi connectivity index (χ2v) is 1.15. The SMILES string of the molecule is O=C([O-])C(=O)[O-].O=C([O-])C(=O)[O-].[Co+2].[K+].[Na+]. The Morgan fingerprint density at radius 2 is 0.667 bits per heavy atom. The molecule has 0 bridgehead atoms. The Hall–Kier alpha value is 1.02. The van der Waals surface area contributed by atoms with Crippen LogP contribution in [0.15, 0.2) is 0 Å². The van der Waals surface area contributed by atoms with Crippen molar-refractivity contribution in [2.24, 2.45) is 0 Å². The van der Waals surface area contributed by atoms with Crippen molar-refractivity contribution in [2.45, 2.75) is 0 Å². The fraction of sp³-hybridized carbons (Fsp3) is 0. The molecule has 0 aromatic rings. The maximum atomic E-state index is 8.93. The quantitative estimate of drug-likeness (QED) is 0.314. The normalized spacial score (nSPS) is 5.87. The average Bonchev–Trinajstić information content (AvgIpc) is 1.88. The van der Waals surface area contributed by atoms with E-state index in [2.05, 4.69) is 0 Å². The van der Waals surface area contributed by atoms with Gasteiger partial charge in [0.25, 0.3) is 0 Å². The summed E-state index contributed by atoms with van der Waals surface area (Å²) < 4.78 is 0. The van der Waals surface area contributed by atoms with Gasteiger partial charge in [0.2, 0.25) is 0 Å². The molecule has 0 fully saturated rings. The first kappa shape index (κ1) is 29.8. The van der Waals surface area contributed by atoms with E-state index in [-0.39, 0.29) is 97.7 Å². The number of hydrogen-bond acceptors (Lipinski definition) is 8. The number of carbonyl (C=O) groups is 4. The molecule has 0 unspecified atom stereocenters. The Bertz CT molecular complexity index is 183. The van der Waals surface area contributed by atoms with Gasteiger partial charge in [0, 0.05) is 0 Å². The van der Waals surface area contributed by atoms with Gasteiger partial charge in [-0.25, -0.2) is 0 Å². The number of carboxylic acids is 4. The van der Waals surface area contributed by atoms with Gasteiger partial charge < -0.3 is 39.6 Å². The molecule has 8 nitrogen and oxygen atoms in total. The van der Waals surface area contributed by atoms with Crippen molar-refractivity contribution in [3.8, 4) is 0 Å². The Kier molecular flexibility index (Phi) is 34.6. The van der Waals surface area contributed by atoms with Crippen LogP contribution in [-0.2, 0) is 36.0 Å². The third-order valence-corrected chi connectivity index (χ3v) is 0.333. The zero-order valence-electron chi connectivity index (χ0n) is 7.60. The van der Waals surface area contributed by atoms with Crippen LogP contribution in [0, 0.1) is 0 Å². The van der Waals surface area contributed by atoms with Gasteiger partial charge in [-0.2, -0.15) is 0 Å². The zero-order valence-corrected chi connectivity index (χ0v) is 13.8. The second kappa shape index (κ2) is 17.4. The Labute approximate surface area is 158 Å². The molecule has 0 aliphatic carbocycles.